The lowest BCUT2D eigenvalue weighted by atomic mass is 10.0. The molecular weight excluding hydrogens is 288 g/mol. The fraction of sp³-hybridized carbons (Fsp3) is 0.533. The van der Waals surface area contributed by atoms with E-state index in [-0.39, 0.29) is 12.0 Å². The molecule has 120 valence electrons. The Morgan fingerprint density at radius 3 is 2.86 bits per heavy atom. The lowest BCUT2D eigenvalue weighted by Crippen LogP contribution is -2.44. The van der Waals surface area contributed by atoms with Gasteiger partial charge in [-0.25, -0.2) is 9.78 Å². The molecule has 1 aromatic heterocycles. The van der Waals surface area contributed by atoms with Gasteiger partial charge in [0.2, 0.25) is 5.88 Å². The average Bonchev–Trinajstić information content (AvgIpc) is 2.97. The molecule has 0 spiro atoms. The van der Waals surface area contributed by atoms with E-state index in [0.717, 1.165) is 6.42 Å². The van der Waals surface area contributed by atoms with Crippen LogP contribution in [0.1, 0.15) is 30.6 Å². The van der Waals surface area contributed by atoms with Crippen LogP contribution < -0.4 is 10.1 Å². The van der Waals surface area contributed by atoms with Gasteiger partial charge in [0.25, 0.3) is 5.91 Å². The summed E-state index contributed by atoms with van der Waals surface area (Å²) in [4.78, 5) is 27.4. The number of carbonyl (C=O) groups is 2. The highest BCUT2D eigenvalue weighted by atomic mass is 16.5. The molecule has 0 bridgehead atoms. The summed E-state index contributed by atoms with van der Waals surface area (Å²) in [5.41, 5.74) is 0.316. The summed E-state index contributed by atoms with van der Waals surface area (Å²) >= 11 is 0. The van der Waals surface area contributed by atoms with Crippen molar-refractivity contribution in [1.82, 2.24) is 10.3 Å². The van der Waals surface area contributed by atoms with Crippen molar-refractivity contribution >= 4 is 11.9 Å². The van der Waals surface area contributed by atoms with Crippen molar-refractivity contribution in [2.45, 2.75) is 32.4 Å². The minimum Gasteiger partial charge on any atom is -0.480 e. The molecule has 1 aliphatic rings. The average molecular weight is 308 g/mol. The fourth-order valence-electron chi connectivity index (χ4n) is 2.13. The molecule has 1 saturated heterocycles. The van der Waals surface area contributed by atoms with Crippen LogP contribution >= 0.6 is 0 Å². The van der Waals surface area contributed by atoms with Crippen molar-refractivity contribution in [3.05, 3.63) is 23.9 Å². The standard InChI is InChI=1S/C15H20N2O5/c1-9(2)13(15(19)20)17-14(18)10-3-5-16-12(7-10)22-11-4-6-21-8-11/h3,5,7,9,11,13H,4,6,8H2,1-2H3,(H,17,18)(H,19,20). The van der Waals surface area contributed by atoms with Crippen LogP contribution in [0, 0.1) is 5.92 Å². The van der Waals surface area contributed by atoms with Crippen molar-refractivity contribution in [3.8, 4) is 5.88 Å². The molecule has 2 N–H and O–H groups in total. The van der Waals surface area contributed by atoms with Crippen LogP contribution in [0.3, 0.4) is 0 Å². The number of carboxylic acids is 1. The highest BCUT2D eigenvalue weighted by Gasteiger charge is 2.24. The zero-order chi connectivity index (χ0) is 16.1. The molecule has 0 aromatic carbocycles. The third kappa shape index (κ3) is 4.17. The van der Waals surface area contributed by atoms with E-state index < -0.39 is 17.9 Å². The molecule has 1 aromatic rings. The SMILES string of the molecule is CC(C)C(NC(=O)c1ccnc(OC2CCOC2)c1)C(=O)O. The Balaban J connectivity index is 2.04. The van der Waals surface area contributed by atoms with Crippen LogP contribution in [0.4, 0.5) is 0 Å². The van der Waals surface area contributed by atoms with Crippen LogP contribution in [0.5, 0.6) is 5.88 Å². The molecule has 22 heavy (non-hydrogen) atoms. The molecule has 0 radical (unpaired) electrons. The lowest BCUT2D eigenvalue weighted by molar-refractivity contribution is -0.140. The van der Waals surface area contributed by atoms with Crippen LogP contribution in [0.15, 0.2) is 18.3 Å². The Hall–Kier alpha value is -2.15. The second kappa shape index (κ2) is 7.22. The largest absolute Gasteiger partial charge is 0.480 e. The van der Waals surface area contributed by atoms with Crippen LogP contribution in [-0.2, 0) is 9.53 Å². The predicted molar refractivity (Wildman–Crippen MR) is 77.8 cm³/mol. The number of aromatic nitrogens is 1. The van der Waals surface area contributed by atoms with Gasteiger partial charge < -0.3 is 19.9 Å². The van der Waals surface area contributed by atoms with Gasteiger partial charge in [-0.05, 0) is 12.0 Å². The van der Waals surface area contributed by atoms with E-state index in [4.69, 9.17) is 14.6 Å². The van der Waals surface area contributed by atoms with Gasteiger partial charge in [0.05, 0.1) is 13.2 Å². The first-order valence-electron chi connectivity index (χ1n) is 7.21. The zero-order valence-electron chi connectivity index (χ0n) is 12.6. The molecule has 2 atom stereocenters. The number of rotatable bonds is 6. The summed E-state index contributed by atoms with van der Waals surface area (Å²) < 4.78 is 10.8. The van der Waals surface area contributed by atoms with Crippen molar-refractivity contribution < 1.29 is 24.2 Å². The van der Waals surface area contributed by atoms with E-state index in [1.807, 2.05) is 0 Å². The third-order valence-corrected chi connectivity index (χ3v) is 3.39. The summed E-state index contributed by atoms with van der Waals surface area (Å²) in [6.45, 7) is 4.63. The number of nitrogens with one attached hydrogen (secondary N) is 1. The number of carbonyl (C=O) groups excluding carboxylic acids is 1. The quantitative estimate of drug-likeness (QED) is 0.816. The Kier molecular flexibility index (Phi) is 5.32. The number of ether oxygens (including phenoxy) is 2. The van der Waals surface area contributed by atoms with Gasteiger partial charge >= 0.3 is 5.97 Å². The number of nitrogens with zero attached hydrogens (tertiary/aromatic N) is 1. The van der Waals surface area contributed by atoms with Crippen LogP contribution in [-0.4, -0.2) is 47.3 Å². The van der Waals surface area contributed by atoms with Gasteiger partial charge in [-0.2, -0.15) is 0 Å². The maximum Gasteiger partial charge on any atom is 0.326 e. The highest BCUT2D eigenvalue weighted by molar-refractivity contribution is 5.96. The number of pyridine rings is 1. The van der Waals surface area contributed by atoms with E-state index in [2.05, 4.69) is 10.3 Å². The van der Waals surface area contributed by atoms with Gasteiger partial charge in [0.1, 0.15) is 12.1 Å². The summed E-state index contributed by atoms with van der Waals surface area (Å²) in [6, 6.07) is 2.09. The Bertz CT molecular complexity index is 540. The van der Waals surface area contributed by atoms with Gasteiger partial charge in [-0.3, -0.25) is 4.79 Å². The molecule has 1 amide bonds. The molecular formula is C15H20N2O5. The lowest BCUT2D eigenvalue weighted by Gasteiger charge is -2.18. The zero-order valence-corrected chi connectivity index (χ0v) is 12.6. The Labute approximate surface area is 128 Å². The monoisotopic (exact) mass is 308 g/mol. The minimum absolute atomic E-state index is 0.0618. The van der Waals surface area contributed by atoms with E-state index >= 15 is 0 Å². The molecule has 1 aliphatic heterocycles. The number of carboxylic acid groups (broad SMARTS) is 1. The molecule has 2 rings (SSSR count). The van der Waals surface area contributed by atoms with E-state index in [9.17, 15) is 9.59 Å². The molecule has 2 unspecified atom stereocenters. The molecule has 0 saturated carbocycles. The predicted octanol–water partition coefficient (Wildman–Crippen LogP) is 1.09. The van der Waals surface area contributed by atoms with Crippen molar-refractivity contribution in [2.75, 3.05) is 13.2 Å². The van der Waals surface area contributed by atoms with E-state index in [1.165, 1.54) is 18.3 Å². The summed E-state index contributed by atoms with van der Waals surface area (Å²) in [7, 11) is 0. The number of amides is 1. The molecule has 2 heterocycles. The topological polar surface area (TPSA) is 97.8 Å². The molecule has 7 heteroatoms. The first-order valence-corrected chi connectivity index (χ1v) is 7.21. The summed E-state index contributed by atoms with van der Waals surface area (Å²) in [6.07, 6.45) is 2.19. The first-order chi connectivity index (χ1) is 10.5. The van der Waals surface area contributed by atoms with Gasteiger partial charge in [0, 0.05) is 24.2 Å². The maximum atomic E-state index is 12.2. The fourth-order valence-corrected chi connectivity index (χ4v) is 2.13. The highest BCUT2D eigenvalue weighted by Crippen LogP contribution is 2.16. The third-order valence-electron chi connectivity index (χ3n) is 3.39. The van der Waals surface area contributed by atoms with Gasteiger partial charge in [-0.15, -0.1) is 0 Å². The molecule has 1 fully saturated rings. The van der Waals surface area contributed by atoms with Gasteiger partial charge in [-0.1, -0.05) is 13.8 Å². The van der Waals surface area contributed by atoms with Crippen LogP contribution in [0.25, 0.3) is 0 Å². The summed E-state index contributed by atoms with van der Waals surface area (Å²) in [5.74, 6) is -1.40. The molecule has 0 aliphatic carbocycles. The Morgan fingerprint density at radius 1 is 1.50 bits per heavy atom. The number of hydrogen-bond donors (Lipinski definition) is 2. The normalized spacial score (nSPS) is 19.0. The van der Waals surface area contributed by atoms with E-state index in [0.29, 0.717) is 24.7 Å². The smallest absolute Gasteiger partial charge is 0.326 e. The minimum atomic E-state index is -1.06. The van der Waals surface area contributed by atoms with Crippen molar-refractivity contribution in [3.63, 3.8) is 0 Å². The van der Waals surface area contributed by atoms with Crippen molar-refractivity contribution in [1.29, 1.82) is 0 Å². The summed E-state index contributed by atoms with van der Waals surface area (Å²) in [5, 5.41) is 11.6. The van der Waals surface area contributed by atoms with Gasteiger partial charge in [0.15, 0.2) is 0 Å². The maximum absolute atomic E-state index is 12.2. The molecule has 7 nitrogen and oxygen atoms in total. The second-order valence-corrected chi connectivity index (χ2v) is 5.52. The first kappa shape index (κ1) is 16.2. The Morgan fingerprint density at radius 2 is 2.27 bits per heavy atom. The second-order valence-electron chi connectivity index (χ2n) is 5.52. The van der Waals surface area contributed by atoms with Crippen molar-refractivity contribution in [2.24, 2.45) is 5.92 Å². The van der Waals surface area contributed by atoms with E-state index in [1.54, 1.807) is 13.8 Å². The number of aliphatic carboxylic acids is 1. The number of hydrogen-bond acceptors (Lipinski definition) is 5. The van der Waals surface area contributed by atoms with Crippen LogP contribution in [0.2, 0.25) is 0 Å².